The number of carbonyl (C=O) groups excluding carboxylic acids is 1. The Labute approximate surface area is 148 Å². The molecule has 1 aliphatic rings. The molecular formula is C19H22N2O3S. The van der Waals surface area contributed by atoms with Crippen LogP contribution in [0.2, 0.25) is 0 Å². The van der Waals surface area contributed by atoms with E-state index in [4.69, 9.17) is 0 Å². The quantitative estimate of drug-likeness (QED) is 0.912. The van der Waals surface area contributed by atoms with Gasteiger partial charge in [0.2, 0.25) is 10.0 Å². The summed E-state index contributed by atoms with van der Waals surface area (Å²) in [7, 11) is -3.27. The van der Waals surface area contributed by atoms with Gasteiger partial charge in [-0.2, -0.15) is 0 Å². The van der Waals surface area contributed by atoms with Crippen molar-refractivity contribution in [1.29, 1.82) is 0 Å². The Bertz CT molecular complexity index is 915. The molecule has 0 fully saturated rings. The summed E-state index contributed by atoms with van der Waals surface area (Å²) in [5, 5.41) is 2.91. The molecule has 0 saturated carbocycles. The molecule has 0 saturated heterocycles. The zero-order chi connectivity index (χ0) is 18.2. The lowest BCUT2D eigenvalue weighted by atomic mass is 10.1. The molecule has 1 heterocycles. The zero-order valence-corrected chi connectivity index (χ0v) is 15.5. The Morgan fingerprint density at radius 3 is 2.44 bits per heavy atom. The summed E-state index contributed by atoms with van der Waals surface area (Å²) in [6.45, 7) is 6.05. The van der Waals surface area contributed by atoms with Crippen LogP contribution in [0.1, 0.15) is 34.0 Å². The summed E-state index contributed by atoms with van der Waals surface area (Å²) < 4.78 is 25.7. The number of aryl methyl sites for hydroxylation is 2. The van der Waals surface area contributed by atoms with Gasteiger partial charge in [0.1, 0.15) is 0 Å². The summed E-state index contributed by atoms with van der Waals surface area (Å²) in [6, 6.07) is 11.1. The lowest BCUT2D eigenvalue weighted by Gasteiger charge is -2.18. The fourth-order valence-corrected chi connectivity index (χ4v) is 4.37. The van der Waals surface area contributed by atoms with Gasteiger partial charge in [0.25, 0.3) is 5.91 Å². The van der Waals surface area contributed by atoms with Gasteiger partial charge in [0, 0.05) is 17.8 Å². The standard InChI is InChI=1S/C19H22N2O3S/c1-4-25(23,24)21-8-7-15-12-16(5-6-18(15)21)19(22)20-17-10-13(2)9-14(3)11-17/h5-6,9-12H,4,7-8H2,1-3H3,(H,20,22). The normalized spacial score (nSPS) is 13.6. The van der Waals surface area contributed by atoms with Crippen molar-refractivity contribution in [2.24, 2.45) is 0 Å². The molecule has 2 aromatic carbocycles. The van der Waals surface area contributed by atoms with Gasteiger partial charge < -0.3 is 5.32 Å². The van der Waals surface area contributed by atoms with Gasteiger partial charge in [-0.25, -0.2) is 8.42 Å². The van der Waals surface area contributed by atoms with Gasteiger partial charge >= 0.3 is 0 Å². The Hall–Kier alpha value is -2.34. The van der Waals surface area contributed by atoms with Gasteiger partial charge in [-0.1, -0.05) is 6.07 Å². The molecule has 3 rings (SSSR count). The van der Waals surface area contributed by atoms with Crippen LogP contribution < -0.4 is 9.62 Å². The minimum atomic E-state index is -3.27. The number of anilines is 2. The molecule has 0 radical (unpaired) electrons. The first-order valence-electron chi connectivity index (χ1n) is 8.33. The summed E-state index contributed by atoms with van der Waals surface area (Å²) in [5.74, 6) is -0.119. The maximum Gasteiger partial charge on any atom is 0.255 e. The fourth-order valence-electron chi connectivity index (χ4n) is 3.21. The number of rotatable bonds is 4. The van der Waals surface area contributed by atoms with Crippen molar-refractivity contribution in [3.8, 4) is 0 Å². The summed E-state index contributed by atoms with van der Waals surface area (Å²) in [6.07, 6.45) is 0.624. The average molecular weight is 358 g/mol. The topological polar surface area (TPSA) is 66.5 Å². The number of sulfonamides is 1. The second kappa shape index (κ2) is 6.52. The van der Waals surface area contributed by atoms with Crippen molar-refractivity contribution in [2.45, 2.75) is 27.2 Å². The lowest BCUT2D eigenvalue weighted by Crippen LogP contribution is -2.30. The Balaban J connectivity index is 1.84. The molecule has 1 N–H and O–H groups in total. The predicted octanol–water partition coefficient (Wildman–Crippen LogP) is 3.27. The van der Waals surface area contributed by atoms with E-state index in [1.807, 2.05) is 32.0 Å². The number of hydrogen-bond donors (Lipinski definition) is 1. The molecule has 6 heteroatoms. The van der Waals surface area contributed by atoms with Crippen LogP contribution in [0.5, 0.6) is 0 Å². The smallest absolute Gasteiger partial charge is 0.255 e. The zero-order valence-electron chi connectivity index (χ0n) is 14.7. The van der Waals surface area contributed by atoms with E-state index in [-0.39, 0.29) is 11.7 Å². The van der Waals surface area contributed by atoms with Crippen LogP contribution >= 0.6 is 0 Å². The van der Waals surface area contributed by atoms with Crippen molar-refractivity contribution in [1.82, 2.24) is 0 Å². The predicted molar refractivity (Wildman–Crippen MR) is 101 cm³/mol. The van der Waals surface area contributed by atoms with E-state index in [0.717, 1.165) is 22.4 Å². The maximum absolute atomic E-state index is 12.5. The van der Waals surface area contributed by atoms with Crippen LogP contribution in [-0.2, 0) is 16.4 Å². The third-order valence-corrected chi connectivity index (χ3v) is 6.16. The minimum Gasteiger partial charge on any atom is -0.322 e. The summed E-state index contributed by atoms with van der Waals surface area (Å²) in [4.78, 5) is 12.5. The highest BCUT2D eigenvalue weighted by Gasteiger charge is 2.28. The van der Waals surface area contributed by atoms with Crippen LogP contribution in [-0.4, -0.2) is 26.6 Å². The highest BCUT2D eigenvalue weighted by atomic mass is 32.2. The van der Waals surface area contributed by atoms with E-state index in [1.54, 1.807) is 25.1 Å². The molecule has 0 aromatic heterocycles. The van der Waals surface area contributed by atoms with Crippen LogP contribution in [0.15, 0.2) is 36.4 Å². The lowest BCUT2D eigenvalue weighted by molar-refractivity contribution is 0.102. The molecule has 1 aliphatic heterocycles. The number of hydrogen-bond acceptors (Lipinski definition) is 3. The van der Waals surface area contributed by atoms with Crippen molar-refractivity contribution in [3.63, 3.8) is 0 Å². The molecule has 0 aliphatic carbocycles. The third-order valence-electron chi connectivity index (χ3n) is 4.37. The van der Waals surface area contributed by atoms with Crippen LogP contribution in [0.4, 0.5) is 11.4 Å². The molecule has 0 unspecified atom stereocenters. The highest BCUT2D eigenvalue weighted by Crippen LogP contribution is 2.31. The number of carbonyl (C=O) groups is 1. The first kappa shape index (κ1) is 17.5. The monoisotopic (exact) mass is 358 g/mol. The second-order valence-electron chi connectivity index (χ2n) is 6.40. The molecule has 0 spiro atoms. The SMILES string of the molecule is CCS(=O)(=O)N1CCc2cc(C(=O)Nc3cc(C)cc(C)c3)ccc21. The van der Waals surface area contributed by atoms with Crippen molar-refractivity contribution >= 4 is 27.3 Å². The van der Waals surface area contributed by atoms with Crippen molar-refractivity contribution in [2.75, 3.05) is 21.9 Å². The molecule has 0 atom stereocenters. The first-order chi connectivity index (χ1) is 11.8. The molecular weight excluding hydrogens is 336 g/mol. The summed E-state index contributed by atoms with van der Waals surface area (Å²) in [5.41, 5.74) is 5.05. The molecule has 0 bridgehead atoms. The van der Waals surface area contributed by atoms with Gasteiger partial charge in [-0.05, 0) is 74.2 Å². The number of amides is 1. The molecule has 1 amide bonds. The van der Waals surface area contributed by atoms with Crippen molar-refractivity contribution < 1.29 is 13.2 Å². The van der Waals surface area contributed by atoms with Gasteiger partial charge in [-0.15, -0.1) is 0 Å². The second-order valence-corrected chi connectivity index (χ2v) is 8.58. The number of benzene rings is 2. The fraction of sp³-hybridized carbons (Fsp3) is 0.316. The largest absolute Gasteiger partial charge is 0.322 e. The van der Waals surface area contributed by atoms with Gasteiger partial charge in [-0.3, -0.25) is 9.10 Å². The molecule has 2 aromatic rings. The van der Waals surface area contributed by atoms with Crippen LogP contribution in [0.3, 0.4) is 0 Å². The van der Waals surface area contributed by atoms with Gasteiger partial charge in [0.05, 0.1) is 11.4 Å². The van der Waals surface area contributed by atoms with E-state index in [1.165, 1.54) is 4.31 Å². The third kappa shape index (κ3) is 3.54. The van der Waals surface area contributed by atoms with Crippen LogP contribution in [0, 0.1) is 13.8 Å². The van der Waals surface area contributed by atoms with E-state index < -0.39 is 10.0 Å². The highest BCUT2D eigenvalue weighted by molar-refractivity contribution is 7.92. The van der Waals surface area contributed by atoms with Gasteiger partial charge in [0.15, 0.2) is 0 Å². The van der Waals surface area contributed by atoms with E-state index in [2.05, 4.69) is 5.32 Å². The first-order valence-corrected chi connectivity index (χ1v) is 9.94. The van der Waals surface area contributed by atoms with E-state index in [9.17, 15) is 13.2 Å². The molecule has 5 nitrogen and oxygen atoms in total. The molecule has 132 valence electrons. The maximum atomic E-state index is 12.5. The van der Waals surface area contributed by atoms with Crippen molar-refractivity contribution in [3.05, 3.63) is 58.7 Å². The van der Waals surface area contributed by atoms with E-state index in [0.29, 0.717) is 24.2 Å². The Kier molecular flexibility index (Phi) is 4.56. The Morgan fingerprint density at radius 2 is 1.80 bits per heavy atom. The molecule has 25 heavy (non-hydrogen) atoms. The number of nitrogens with one attached hydrogen (secondary N) is 1. The Morgan fingerprint density at radius 1 is 1.12 bits per heavy atom. The van der Waals surface area contributed by atoms with Crippen LogP contribution in [0.25, 0.3) is 0 Å². The number of fused-ring (bicyclic) bond motifs is 1. The number of nitrogens with zero attached hydrogens (tertiary/aromatic N) is 1. The van der Waals surface area contributed by atoms with E-state index >= 15 is 0 Å². The minimum absolute atomic E-state index is 0.0708. The summed E-state index contributed by atoms with van der Waals surface area (Å²) >= 11 is 0. The average Bonchev–Trinajstić information content (AvgIpc) is 2.97.